The van der Waals surface area contributed by atoms with E-state index in [-0.39, 0.29) is 62.3 Å². The van der Waals surface area contributed by atoms with Crippen LogP contribution in [0.5, 0.6) is 5.75 Å². The van der Waals surface area contributed by atoms with Crippen LogP contribution in [-0.2, 0) is 64.0 Å². The summed E-state index contributed by atoms with van der Waals surface area (Å²) < 4.78 is 0. The second-order valence-electron chi connectivity index (χ2n) is 19.7. The maximum absolute atomic E-state index is 14.7. The van der Waals surface area contributed by atoms with Crippen molar-refractivity contribution in [2.24, 2.45) is 17.2 Å². The summed E-state index contributed by atoms with van der Waals surface area (Å²) in [5, 5.41) is 53.6. The molecule has 9 atom stereocenters. The molecule has 0 radical (unpaired) electrons. The summed E-state index contributed by atoms with van der Waals surface area (Å²) in [6.07, 6.45) is -1.53. The number of primary amides is 1. The standard InChI is InChI=1S/C57H70ClN11O12S2/c1-31(70)48(55(78)68-47(30-83)54(77)66-45(56(79)80)28-35-9-16-36-6-2-3-7-37(36)24-35)69-50(73)42(8-4-5-23-59)63-51(74)43(26-33-12-19-39(20-13-33)62-57(61)81)64-52(75)44(27-34-14-21-40(71)22-15-34)65-53(76)46(29-82)67-49(72)41(60)25-32-10-17-38(58)18-11-32/h2-3,6-7,9-22,24,31,41-48,70-71,82-83H,4-5,8,23,25-30,59-60H2,1H3,(H,63,74)(H,64,75)(H,65,76)(H,66,77)(H,67,72)(H,68,78)(H,69,73)(H,79,80)(H3,61,62,81)/t31-,41+,42+,43-,44+,45+,46-,47+,48+/m1/s1. The van der Waals surface area contributed by atoms with E-state index in [9.17, 15) is 58.5 Å². The quantitative estimate of drug-likeness (QED) is 0.0219. The van der Waals surface area contributed by atoms with E-state index in [0.717, 1.165) is 10.8 Å². The number of aliphatic hydroxyl groups excluding tert-OH is 1. The topological polar surface area (TPSA) is 389 Å². The zero-order valence-corrected chi connectivity index (χ0v) is 47.8. The fourth-order valence-electron chi connectivity index (χ4n) is 8.60. The Morgan fingerprint density at radius 1 is 0.530 bits per heavy atom. The predicted octanol–water partition coefficient (Wildman–Crippen LogP) is 1.13. The van der Waals surface area contributed by atoms with Gasteiger partial charge in [-0.25, -0.2) is 9.59 Å². The molecule has 17 N–H and O–H groups in total. The molecule has 0 aliphatic rings. The van der Waals surface area contributed by atoms with Crippen LogP contribution in [0.4, 0.5) is 10.5 Å². The molecule has 0 bridgehead atoms. The molecule has 26 heteroatoms. The number of aliphatic hydroxyl groups is 1. The first-order valence-electron chi connectivity index (χ1n) is 26.4. The predicted molar refractivity (Wildman–Crippen MR) is 319 cm³/mol. The third-order valence-corrected chi connectivity index (χ3v) is 14.1. The zero-order valence-electron chi connectivity index (χ0n) is 45.3. The Hall–Kier alpha value is -7.94. The van der Waals surface area contributed by atoms with E-state index >= 15 is 0 Å². The van der Waals surface area contributed by atoms with Gasteiger partial charge in [0.25, 0.3) is 0 Å². The van der Waals surface area contributed by atoms with Crippen molar-refractivity contribution in [1.29, 1.82) is 0 Å². The van der Waals surface area contributed by atoms with Gasteiger partial charge in [0.2, 0.25) is 41.4 Å². The van der Waals surface area contributed by atoms with Crippen LogP contribution in [0, 0.1) is 0 Å². The van der Waals surface area contributed by atoms with E-state index in [4.69, 9.17) is 28.8 Å². The largest absolute Gasteiger partial charge is 0.508 e. The van der Waals surface area contributed by atoms with Crippen LogP contribution in [0.15, 0.2) is 115 Å². The van der Waals surface area contributed by atoms with Gasteiger partial charge in [0, 0.05) is 41.5 Å². The Kier molecular flexibility index (Phi) is 25.9. The molecular weight excluding hydrogens is 1130 g/mol. The molecule has 83 heavy (non-hydrogen) atoms. The van der Waals surface area contributed by atoms with Crippen LogP contribution in [0.25, 0.3) is 10.8 Å². The molecule has 0 unspecified atom stereocenters. The van der Waals surface area contributed by atoms with Gasteiger partial charge in [-0.15, -0.1) is 0 Å². The number of unbranched alkanes of at least 4 members (excludes halogenated alkanes) is 1. The minimum Gasteiger partial charge on any atom is -0.508 e. The van der Waals surface area contributed by atoms with E-state index in [1.54, 1.807) is 36.4 Å². The highest BCUT2D eigenvalue weighted by Gasteiger charge is 2.36. The first-order valence-corrected chi connectivity index (χ1v) is 28.1. The minimum absolute atomic E-state index is 0.0771. The Morgan fingerprint density at radius 2 is 0.976 bits per heavy atom. The smallest absolute Gasteiger partial charge is 0.326 e. The fourth-order valence-corrected chi connectivity index (χ4v) is 9.24. The number of amides is 9. The van der Waals surface area contributed by atoms with Crippen LogP contribution < -0.4 is 59.7 Å². The number of nitrogens with one attached hydrogen (secondary N) is 8. The Bertz CT molecular complexity index is 3050. The number of rotatable bonds is 31. The van der Waals surface area contributed by atoms with E-state index in [1.807, 2.05) is 30.3 Å². The van der Waals surface area contributed by atoms with Crippen molar-refractivity contribution < 1.29 is 58.5 Å². The van der Waals surface area contributed by atoms with Crippen LogP contribution >= 0.6 is 36.9 Å². The second kappa shape index (κ2) is 32.6. The third kappa shape index (κ3) is 21.1. The highest BCUT2D eigenvalue weighted by molar-refractivity contribution is 7.80. The van der Waals surface area contributed by atoms with E-state index in [2.05, 4.69) is 67.8 Å². The molecule has 0 aliphatic heterocycles. The van der Waals surface area contributed by atoms with Gasteiger partial charge in [-0.1, -0.05) is 90.5 Å². The van der Waals surface area contributed by atoms with Crippen molar-refractivity contribution in [3.63, 3.8) is 0 Å². The average Bonchev–Trinajstić information content (AvgIpc) is 3.65. The van der Waals surface area contributed by atoms with Crippen molar-refractivity contribution in [2.45, 2.75) is 106 Å². The van der Waals surface area contributed by atoms with Crippen LogP contribution in [-0.4, -0.2) is 141 Å². The number of urea groups is 1. The number of nitrogens with two attached hydrogens (primary N) is 3. The molecule has 0 aliphatic carbocycles. The highest BCUT2D eigenvalue weighted by Crippen LogP contribution is 2.19. The number of phenolic OH excluding ortho intramolecular Hbond substituents is 1. The highest BCUT2D eigenvalue weighted by atomic mass is 35.5. The molecule has 5 aromatic carbocycles. The molecule has 5 rings (SSSR count). The van der Waals surface area contributed by atoms with Gasteiger partial charge in [-0.3, -0.25) is 33.6 Å². The third-order valence-electron chi connectivity index (χ3n) is 13.2. The number of benzene rings is 5. The Balaban J connectivity index is 1.37. The number of carboxylic acid groups (broad SMARTS) is 1. The lowest BCUT2D eigenvalue weighted by Crippen LogP contribution is -2.62. The fraction of sp³-hybridized carbons (Fsp3) is 0.351. The SMILES string of the molecule is C[C@@H](O)[C@H](NC(=O)[C@H](CCCCN)NC(=O)[C@@H](Cc1ccc(NC(N)=O)cc1)NC(=O)[C@H](Cc1ccc(O)cc1)NC(=O)[C@@H](CS)NC(=O)[C@@H](N)Cc1ccc(Cl)cc1)C(=O)N[C@@H](CS)C(=O)N[C@@H](Cc1ccc2ccccc2c1)C(=O)O. The number of hydrogen-bond donors (Lipinski definition) is 16. The maximum Gasteiger partial charge on any atom is 0.326 e. The van der Waals surface area contributed by atoms with Crippen molar-refractivity contribution in [3.8, 4) is 5.75 Å². The monoisotopic (exact) mass is 1200 g/mol. The number of thiol groups is 2. The Morgan fingerprint density at radius 3 is 1.51 bits per heavy atom. The molecule has 444 valence electrons. The van der Waals surface area contributed by atoms with Gasteiger partial charge in [0.15, 0.2) is 0 Å². The van der Waals surface area contributed by atoms with Crippen molar-refractivity contribution in [3.05, 3.63) is 143 Å². The summed E-state index contributed by atoms with van der Waals surface area (Å²) >= 11 is 14.5. The second-order valence-corrected chi connectivity index (χ2v) is 20.8. The minimum atomic E-state index is -1.75. The molecule has 0 fully saturated rings. The normalized spacial score (nSPS) is 14.3. The summed E-state index contributed by atoms with van der Waals surface area (Å²) in [6.45, 7) is 1.39. The number of fused-ring (bicyclic) bond motifs is 1. The van der Waals surface area contributed by atoms with Gasteiger partial charge in [0.05, 0.1) is 12.1 Å². The number of carbonyl (C=O) groups excluding carboxylic acids is 8. The molecule has 0 aromatic heterocycles. The molecule has 0 saturated carbocycles. The number of carbonyl (C=O) groups is 9. The number of anilines is 1. The number of aliphatic carboxylic acids is 1. The van der Waals surface area contributed by atoms with Gasteiger partial charge < -0.3 is 75.1 Å². The number of aromatic hydroxyl groups is 1. The first-order chi connectivity index (χ1) is 39.6. The summed E-state index contributed by atoms with van der Waals surface area (Å²) in [7, 11) is 0. The van der Waals surface area contributed by atoms with Crippen LogP contribution in [0.1, 0.15) is 48.4 Å². The van der Waals surface area contributed by atoms with Crippen molar-refractivity contribution in [2.75, 3.05) is 23.4 Å². The summed E-state index contributed by atoms with van der Waals surface area (Å²) in [5.74, 6) is -8.34. The molecule has 0 saturated heterocycles. The van der Waals surface area contributed by atoms with Crippen molar-refractivity contribution in [1.82, 2.24) is 37.2 Å². The zero-order chi connectivity index (χ0) is 60.8. The summed E-state index contributed by atoms with van der Waals surface area (Å²) in [4.78, 5) is 122. The lowest BCUT2D eigenvalue weighted by molar-refractivity contribution is -0.142. The average molecular weight is 1200 g/mol. The van der Waals surface area contributed by atoms with Gasteiger partial charge in [-0.05, 0) is 109 Å². The van der Waals surface area contributed by atoms with Gasteiger partial charge in [-0.2, -0.15) is 25.3 Å². The number of phenols is 1. The van der Waals surface area contributed by atoms with Gasteiger partial charge in [0.1, 0.15) is 48.0 Å². The lowest BCUT2D eigenvalue weighted by Gasteiger charge is -2.28. The van der Waals surface area contributed by atoms with E-state index in [0.29, 0.717) is 39.4 Å². The molecular formula is C57H70ClN11O12S2. The number of hydrogen-bond acceptors (Lipinski definition) is 15. The summed E-state index contributed by atoms with van der Waals surface area (Å²) in [5.41, 5.74) is 19.8. The molecule has 0 spiro atoms. The first kappa shape index (κ1) is 65.9. The molecule has 5 aromatic rings. The van der Waals surface area contributed by atoms with E-state index in [1.165, 1.54) is 55.5 Å². The molecule has 9 amide bonds. The maximum atomic E-state index is 14.7. The van der Waals surface area contributed by atoms with Gasteiger partial charge >= 0.3 is 12.0 Å². The van der Waals surface area contributed by atoms with Crippen molar-refractivity contribution >= 4 is 107 Å². The van der Waals surface area contributed by atoms with Crippen LogP contribution in [0.3, 0.4) is 0 Å². The molecule has 23 nitrogen and oxygen atoms in total. The number of halogens is 1. The lowest BCUT2D eigenvalue weighted by atomic mass is 10.0. The molecule has 0 heterocycles. The Labute approximate surface area is 495 Å². The van der Waals surface area contributed by atoms with E-state index < -0.39 is 108 Å². The summed E-state index contributed by atoms with van der Waals surface area (Å²) in [6, 6.07) is 18.9. The number of carboxylic acids is 1. The van der Waals surface area contributed by atoms with Crippen LogP contribution in [0.2, 0.25) is 5.02 Å².